The maximum Gasteiger partial charge on any atom is 0.433 e. The molecule has 0 saturated carbocycles. The second-order valence-electron chi connectivity index (χ2n) is 3.02. The van der Waals surface area contributed by atoms with Crippen LogP contribution in [0.5, 0.6) is 0 Å². The van der Waals surface area contributed by atoms with E-state index in [-0.39, 0.29) is 17.2 Å². The van der Waals surface area contributed by atoms with E-state index in [4.69, 9.17) is 0 Å². The second kappa shape index (κ2) is 5.07. The third kappa shape index (κ3) is 2.99. The summed E-state index contributed by atoms with van der Waals surface area (Å²) in [6.07, 6.45) is -8.26. The van der Waals surface area contributed by atoms with Crippen LogP contribution in [-0.4, -0.2) is 11.3 Å². The normalized spacial score (nSPS) is 11.9. The molecule has 0 bridgehead atoms. The SMILES string of the molecule is O=Cc1cc(CBr)c(C(F)F)c(C(F)(F)F)n1. The molecule has 0 saturated heterocycles. The van der Waals surface area contributed by atoms with Crippen LogP contribution in [0.4, 0.5) is 22.0 Å². The van der Waals surface area contributed by atoms with E-state index in [0.29, 0.717) is 0 Å². The molecule has 1 aromatic heterocycles. The monoisotopic (exact) mass is 317 g/mol. The lowest BCUT2D eigenvalue weighted by molar-refractivity contribution is -0.143. The van der Waals surface area contributed by atoms with Gasteiger partial charge >= 0.3 is 6.18 Å². The fourth-order valence-electron chi connectivity index (χ4n) is 1.26. The predicted octanol–water partition coefficient (Wildman–Crippen LogP) is 3.75. The first-order valence-corrected chi connectivity index (χ1v) is 5.33. The molecule has 17 heavy (non-hydrogen) atoms. The Hall–Kier alpha value is -1.05. The molecule has 1 heterocycles. The van der Waals surface area contributed by atoms with Gasteiger partial charge in [0.2, 0.25) is 0 Å². The molecular formula is C9H5BrF5NO. The minimum Gasteiger partial charge on any atom is -0.296 e. The fraction of sp³-hybridized carbons (Fsp3) is 0.333. The molecule has 0 atom stereocenters. The van der Waals surface area contributed by atoms with Crippen molar-refractivity contribution in [3.05, 3.63) is 28.6 Å². The fourth-order valence-corrected chi connectivity index (χ4v) is 1.72. The van der Waals surface area contributed by atoms with Crippen molar-refractivity contribution in [2.75, 3.05) is 0 Å². The molecule has 0 radical (unpaired) electrons. The summed E-state index contributed by atoms with van der Waals surface area (Å²) in [6, 6.07) is 0.901. The number of hydrogen-bond donors (Lipinski definition) is 0. The summed E-state index contributed by atoms with van der Waals surface area (Å²) in [5.74, 6) is 0. The first-order chi connectivity index (χ1) is 7.81. The highest BCUT2D eigenvalue weighted by atomic mass is 79.9. The van der Waals surface area contributed by atoms with Gasteiger partial charge < -0.3 is 0 Å². The predicted molar refractivity (Wildman–Crippen MR) is 52.2 cm³/mol. The molecule has 0 N–H and O–H groups in total. The Kier molecular flexibility index (Phi) is 4.18. The number of nitrogens with zero attached hydrogens (tertiary/aromatic N) is 1. The van der Waals surface area contributed by atoms with Gasteiger partial charge in [-0.25, -0.2) is 13.8 Å². The van der Waals surface area contributed by atoms with Gasteiger partial charge in [0, 0.05) is 5.33 Å². The zero-order chi connectivity index (χ0) is 13.2. The van der Waals surface area contributed by atoms with Gasteiger partial charge in [0.25, 0.3) is 6.43 Å². The number of halogens is 6. The third-order valence-electron chi connectivity index (χ3n) is 1.92. The van der Waals surface area contributed by atoms with Crippen LogP contribution in [0.3, 0.4) is 0 Å². The summed E-state index contributed by atoms with van der Waals surface area (Å²) in [5.41, 5.74) is -3.74. The Morgan fingerprint density at radius 3 is 2.35 bits per heavy atom. The molecule has 1 aromatic rings. The van der Waals surface area contributed by atoms with Gasteiger partial charge in [-0.3, -0.25) is 4.79 Å². The Balaban J connectivity index is 3.58. The number of aromatic nitrogens is 1. The highest BCUT2D eigenvalue weighted by Gasteiger charge is 2.39. The van der Waals surface area contributed by atoms with Gasteiger partial charge in [-0.05, 0) is 11.6 Å². The first kappa shape index (κ1) is 14.0. The van der Waals surface area contributed by atoms with E-state index in [1.54, 1.807) is 0 Å². The van der Waals surface area contributed by atoms with E-state index >= 15 is 0 Å². The Morgan fingerprint density at radius 1 is 1.41 bits per heavy atom. The number of alkyl halides is 6. The lowest BCUT2D eigenvalue weighted by Gasteiger charge is -2.15. The van der Waals surface area contributed by atoms with Crippen LogP contribution in [0, 0.1) is 0 Å². The summed E-state index contributed by atoms with van der Waals surface area (Å²) < 4.78 is 62.7. The number of pyridine rings is 1. The van der Waals surface area contributed by atoms with E-state index in [1.807, 2.05) is 0 Å². The molecule has 0 aliphatic heterocycles. The van der Waals surface area contributed by atoms with Crippen LogP contribution >= 0.6 is 15.9 Å². The second-order valence-corrected chi connectivity index (χ2v) is 3.58. The molecule has 8 heteroatoms. The maximum absolute atomic E-state index is 12.6. The lowest BCUT2D eigenvalue weighted by atomic mass is 10.1. The van der Waals surface area contributed by atoms with Gasteiger partial charge in [0.15, 0.2) is 12.0 Å². The van der Waals surface area contributed by atoms with Gasteiger partial charge in [-0.15, -0.1) is 0 Å². The van der Waals surface area contributed by atoms with Crippen molar-refractivity contribution >= 4 is 22.2 Å². The molecule has 0 amide bonds. The number of carbonyl (C=O) groups is 1. The number of hydrogen-bond acceptors (Lipinski definition) is 2. The Morgan fingerprint density at radius 2 is 2.00 bits per heavy atom. The van der Waals surface area contributed by atoms with Crippen molar-refractivity contribution in [1.29, 1.82) is 0 Å². The topological polar surface area (TPSA) is 30.0 Å². The van der Waals surface area contributed by atoms with E-state index in [9.17, 15) is 26.7 Å². The van der Waals surface area contributed by atoms with Crippen molar-refractivity contribution < 1.29 is 26.7 Å². The highest BCUT2D eigenvalue weighted by Crippen LogP contribution is 2.37. The summed E-state index contributed by atoms with van der Waals surface area (Å²) in [4.78, 5) is 13.3. The molecule has 0 unspecified atom stereocenters. The van der Waals surface area contributed by atoms with E-state index in [2.05, 4.69) is 20.9 Å². The maximum atomic E-state index is 12.6. The Bertz CT molecular complexity index is 432. The van der Waals surface area contributed by atoms with Crippen molar-refractivity contribution in [2.24, 2.45) is 0 Å². The Labute approximate surface area is 101 Å². The summed E-state index contributed by atoms with van der Waals surface area (Å²) in [7, 11) is 0. The van der Waals surface area contributed by atoms with Gasteiger partial charge in [-0.1, -0.05) is 15.9 Å². The molecule has 94 valence electrons. The molecular weight excluding hydrogens is 313 g/mol. The van der Waals surface area contributed by atoms with E-state index in [0.717, 1.165) is 6.07 Å². The quantitative estimate of drug-likeness (QED) is 0.483. The van der Waals surface area contributed by atoms with Gasteiger partial charge in [0.05, 0.1) is 5.56 Å². The van der Waals surface area contributed by atoms with Crippen molar-refractivity contribution in [3.8, 4) is 0 Å². The van der Waals surface area contributed by atoms with E-state index < -0.39 is 29.6 Å². The largest absolute Gasteiger partial charge is 0.433 e. The first-order valence-electron chi connectivity index (χ1n) is 4.21. The highest BCUT2D eigenvalue weighted by molar-refractivity contribution is 9.08. The summed E-state index contributed by atoms with van der Waals surface area (Å²) >= 11 is 2.80. The minimum atomic E-state index is -5.03. The van der Waals surface area contributed by atoms with Gasteiger partial charge in [-0.2, -0.15) is 13.2 Å². The molecule has 1 rings (SSSR count). The lowest BCUT2D eigenvalue weighted by Crippen LogP contribution is -2.16. The number of aldehydes is 1. The third-order valence-corrected chi connectivity index (χ3v) is 2.52. The van der Waals surface area contributed by atoms with Gasteiger partial charge in [0.1, 0.15) is 5.69 Å². The van der Waals surface area contributed by atoms with Crippen LogP contribution in [0.2, 0.25) is 0 Å². The van der Waals surface area contributed by atoms with Crippen LogP contribution in [-0.2, 0) is 11.5 Å². The standard InChI is InChI=1S/C9H5BrF5NO/c10-2-4-1-5(3-17)16-7(9(13,14)15)6(4)8(11)12/h1,3,8H,2H2. The van der Waals surface area contributed by atoms with Crippen LogP contribution in [0.15, 0.2) is 6.07 Å². The average Bonchev–Trinajstić information content (AvgIpc) is 2.25. The van der Waals surface area contributed by atoms with Crippen LogP contribution < -0.4 is 0 Å². The molecule has 0 spiro atoms. The molecule has 0 aliphatic carbocycles. The minimum absolute atomic E-state index is 0.0800. The zero-order valence-electron chi connectivity index (χ0n) is 8.06. The van der Waals surface area contributed by atoms with Crippen molar-refractivity contribution in [1.82, 2.24) is 4.98 Å². The van der Waals surface area contributed by atoms with Crippen LogP contribution in [0.1, 0.15) is 33.7 Å². The summed E-state index contributed by atoms with van der Waals surface area (Å²) in [6.45, 7) is 0. The van der Waals surface area contributed by atoms with E-state index in [1.165, 1.54) is 0 Å². The molecule has 0 fully saturated rings. The zero-order valence-corrected chi connectivity index (χ0v) is 9.65. The molecule has 0 aromatic carbocycles. The number of carbonyl (C=O) groups excluding carboxylic acids is 1. The summed E-state index contributed by atoms with van der Waals surface area (Å²) in [5, 5.41) is -0.223. The van der Waals surface area contributed by atoms with Crippen molar-refractivity contribution in [3.63, 3.8) is 0 Å². The number of rotatable bonds is 3. The molecule has 0 aliphatic rings. The molecule has 2 nitrogen and oxygen atoms in total. The average molecular weight is 318 g/mol. The van der Waals surface area contributed by atoms with Crippen LogP contribution in [0.25, 0.3) is 0 Å². The smallest absolute Gasteiger partial charge is 0.296 e. The van der Waals surface area contributed by atoms with Crippen molar-refractivity contribution in [2.45, 2.75) is 17.9 Å².